The van der Waals surface area contributed by atoms with Gasteiger partial charge in [0.2, 0.25) is 0 Å². The second-order valence-electron chi connectivity index (χ2n) is 7.83. The molecule has 2 fully saturated rings. The summed E-state index contributed by atoms with van der Waals surface area (Å²) < 4.78 is 0. The van der Waals surface area contributed by atoms with Gasteiger partial charge in [-0.3, -0.25) is 4.79 Å². The van der Waals surface area contributed by atoms with Gasteiger partial charge in [-0.05, 0) is 70.1 Å². The van der Waals surface area contributed by atoms with Crippen LogP contribution in [-0.4, -0.2) is 16.5 Å². The zero-order valence-electron chi connectivity index (χ0n) is 13.4. The molecule has 0 aromatic carbocycles. The molecule has 3 atom stereocenters. The Kier molecular flexibility index (Phi) is 4.44. The molecule has 0 amide bonds. The zero-order valence-corrected chi connectivity index (χ0v) is 13.4. The maximum Gasteiger partial charge on any atom is 0.136 e. The van der Waals surface area contributed by atoms with Crippen molar-refractivity contribution in [2.24, 2.45) is 17.3 Å². The summed E-state index contributed by atoms with van der Waals surface area (Å²) in [5, 5.41) is 9.79. The molecule has 0 aromatic rings. The van der Waals surface area contributed by atoms with Crippen LogP contribution < -0.4 is 0 Å². The van der Waals surface area contributed by atoms with E-state index < -0.39 is 5.60 Å². The number of carbonyl (C=O) groups excluding carboxylic acids is 1. The standard InChI is InChI=1S/C18H30O2/c1-13(7-5-11-17(2,3)20)14-9-10-15-16(19)8-6-12-18(14,15)4/h14-15,20H,1,5-12H2,2-4H3/t14-,15+,18-/m1/s1. The molecular formula is C18H30O2. The number of aliphatic hydroxyl groups is 1. The van der Waals surface area contributed by atoms with E-state index in [1.807, 2.05) is 13.8 Å². The fourth-order valence-corrected chi connectivity index (χ4v) is 4.52. The number of allylic oxidation sites excluding steroid dienone is 1. The van der Waals surface area contributed by atoms with Crippen LogP contribution >= 0.6 is 0 Å². The van der Waals surface area contributed by atoms with Gasteiger partial charge < -0.3 is 5.11 Å². The molecule has 0 heterocycles. The Bertz CT molecular complexity index is 391. The summed E-state index contributed by atoms with van der Waals surface area (Å²) in [5.74, 6) is 1.29. The van der Waals surface area contributed by atoms with Crippen LogP contribution in [0.15, 0.2) is 12.2 Å². The molecule has 2 nitrogen and oxygen atoms in total. The normalized spacial score (nSPS) is 34.1. The minimum Gasteiger partial charge on any atom is -0.390 e. The average molecular weight is 278 g/mol. The molecule has 0 bridgehead atoms. The topological polar surface area (TPSA) is 37.3 Å². The number of carbonyl (C=O) groups is 1. The second kappa shape index (κ2) is 5.63. The number of hydrogen-bond donors (Lipinski definition) is 1. The van der Waals surface area contributed by atoms with Gasteiger partial charge in [-0.15, -0.1) is 0 Å². The molecule has 2 aliphatic rings. The van der Waals surface area contributed by atoms with Crippen molar-refractivity contribution in [2.75, 3.05) is 0 Å². The lowest BCUT2D eigenvalue weighted by Crippen LogP contribution is -2.37. The largest absolute Gasteiger partial charge is 0.390 e. The molecule has 2 heteroatoms. The van der Waals surface area contributed by atoms with Crippen molar-refractivity contribution in [3.63, 3.8) is 0 Å². The third kappa shape index (κ3) is 3.16. The van der Waals surface area contributed by atoms with E-state index in [0.29, 0.717) is 11.7 Å². The van der Waals surface area contributed by atoms with Gasteiger partial charge in [0, 0.05) is 12.3 Å². The summed E-state index contributed by atoms with van der Waals surface area (Å²) >= 11 is 0. The maximum absolute atomic E-state index is 12.1. The zero-order chi connectivity index (χ0) is 15.0. The minimum atomic E-state index is -0.580. The first-order chi connectivity index (χ1) is 9.24. The van der Waals surface area contributed by atoms with Crippen molar-refractivity contribution in [1.29, 1.82) is 0 Å². The highest BCUT2D eigenvalue weighted by molar-refractivity contribution is 5.83. The molecule has 1 N–H and O–H groups in total. The monoisotopic (exact) mass is 278 g/mol. The molecule has 2 rings (SSSR count). The number of rotatable bonds is 5. The Morgan fingerprint density at radius 1 is 1.45 bits per heavy atom. The summed E-state index contributed by atoms with van der Waals surface area (Å²) in [6, 6.07) is 0. The Labute approximate surface area is 123 Å². The van der Waals surface area contributed by atoms with E-state index in [2.05, 4.69) is 13.5 Å². The number of Topliss-reactive ketones (excluding diaryl/α,β-unsaturated/α-hetero) is 1. The van der Waals surface area contributed by atoms with Crippen LogP contribution in [0.4, 0.5) is 0 Å². The maximum atomic E-state index is 12.1. The van der Waals surface area contributed by atoms with E-state index in [4.69, 9.17) is 0 Å². The van der Waals surface area contributed by atoms with Gasteiger partial charge >= 0.3 is 0 Å². The molecule has 0 radical (unpaired) electrons. The molecule has 2 aliphatic carbocycles. The van der Waals surface area contributed by atoms with E-state index in [0.717, 1.165) is 44.9 Å². The van der Waals surface area contributed by atoms with Crippen molar-refractivity contribution >= 4 is 5.78 Å². The van der Waals surface area contributed by atoms with E-state index in [9.17, 15) is 9.90 Å². The van der Waals surface area contributed by atoms with Gasteiger partial charge in [0.15, 0.2) is 0 Å². The first kappa shape index (κ1) is 15.8. The van der Waals surface area contributed by atoms with E-state index in [1.54, 1.807) is 0 Å². The first-order valence-corrected chi connectivity index (χ1v) is 8.17. The Hall–Kier alpha value is -0.630. The van der Waals surface area contributed by atoms with Gasteiger partial charge in [0.25, 0.3) is 0 Å². The van der Waals surface area contributed by atoms with Gasteiger partial charge in [-0.1, -0.05) is 19.1 Å². The summed E-state index contributed by atoms with van der Waals surface area (Å²) in [7, 11) is 0. The Morgan fingerprint density at radius 3 is 2.80 bits per heavy atom. The SMILES string of the molecule is C=C(CCCC(C)(C)O)[C@H]1CC[C@H]2C(=O)CCC[C@]12C. The van der Waals surface area contributed by atoms with Crippen LogP contribution in [-0.2, 0) is 4.79 Å². The van der Waals surface area contributed by atoms with Crippen LogP contribution in [0.5, 0.6) is 0 Å². The summed E-state index contributed by atoms with van der Waals surface area (Å²) in [4.78, 5) is 12.1. The van der Waals surface area contributed by atoms with E-state index in [1.165, 1.54) is 12.0 Å². The van der Waals surface area contributed by atoms with Gasteiger partial charge in [0.1, 0.15) is 5.78 Å². The number of hydrogen-bond acceptors (Lipinski definition) is 2. The Morgan fingerprint density at radius 2 is 2.15 bits per heavy atom. The lowest BCUT2D eigenvalue weighted by Gasteiger charge is -2.40. The molecule has 0 saturated heterocycles. The molecule has 0 aliphatic heterocycles. The third-order valence-electron chi connectivity index (χ3n) is 5.64. The van der Waals surface area contributed by atoms with Crippen molar-refractivity contribution in [1.82, 2.24) is 0 Å². The van der Waals surface area contributed by atoms with Crippen molar-refractivity contribution < 1.29 is 9.90 Å². The summed E-state index contributed by atoms with van der Waals surface area (Å²) in [6.45, 7) is 10.4. The van der Waals surface area contributed by atoms with Crippen LogP contribution in [0.2, 0.25) is 0 Å². The first-order valence-electron chi connectivity index (χ1n) is 8.17. The second-order valence-corrected chi connectivity index (χ2v) is 7.83. The molecule has 0 aromatic heterocycles. The van der Waals surface area contributed by atoms with Crippen LogP contribution in [0, 0.1) is 17.3 Å². The van der Waals surface area contributed by atoms with Crippen LogP contribution in [0.1, 0.15) is 72.1 Å². The highest BCUT2D eigenvalue weighted by Gasteiger charge is 2.51. The van der Waals surface area contributed by atoms with Gasteiger partial charge in [-0.2, -0.15) is 0 Å². The van der Waals surface area contributed by atoms with E-state index in [-0.39, 0.29) is 11.3 Å². The van der Waals surface area contributed by atoms with Crippen molar-refractivity contribution in [3.05, 3.63) is 12.2 Å². The molecule has 20 heavy (non-hydrogen) atoms. The number of fused-ring (bicyclic) bond motifs is 1. The average Bonchev–Trinajstić information content (AvgIpc) is 2.66. The Balaban J connectivity index is 1.95. The van der Waals surface area contributed by atoms with E-state index >= 15 is 0 Å². The molecular weight excluding hydrogens is 248 g/mol. The minimum absolute atomic E-state index is 0.168. The van der Waals surface area contributed by atoms with Crippen LogP contribution in [0.25, 0.3) is 0 Å². The smallest absolute Gasteiger partial charge is 0.136 e. The lowest BCUT2D eigenvalue weighted by atomic mass is 9.63. The summed E-state index contributed by atoms with van der Waals surface area (Å²) in [6.07, 6.45) is 8.02. The molecule has 2 saturated carbocycles. The molecule has 0 unspecified atom stereocenters. The highest BCUT2D eigenvalue weighted by atomic mass is 16.3. The predicted molar refractivity (Wildman–Crippen MR) is 82.5 cm³/mol. The summed E-state index contributed by atoms with van der Waals surface area (Å²) in [5.41, 5.74) is 0.901. The third-order valence-corrected chi connectivity index (χ3v) is 5.64. The van der Waals surface area contributed by atoms with Gasteiger partial charge in [0.05, 0.1) is 5.60 Å². The van der Waals surface area contributed by atoms with Crippen molar-refractivity contribution in [3.8, 4) is 0 Å². The quantitative estimate of drug-likeness (QED) is 0.763. The predicted octanol–water partition coefficient (Wildman–Crippen LogP) is 4.27. The fourth-order valence-electron chi connectivity index (χ4n) is 4.52. The molecule has 114 valence electrons. The molecule has 0 spiro atoms. The van der Waals surface area contributed by atoms with Crippen molar-refractivity contribution in [2.45, 2.75) is 77.7 Å². The fraction of sp³-hybridized carbons (Fsp3) is 0.833. The highest BCUT2D eigenvalue weighted by Crippen LogP contribution is 2.56. The van der Waals surface area contributed by atoms with Crippen LogP contribution in [0.3, 0.4) is 0 Å². The van der Waals surface area contributed by atoms with Gasteiger partial charge in [-0.25, -0.2) is 0 Å². The lowest BCUT2D eigenvalue weighted by molar-refractivity contribution is -0.129. The number of ketones is 1.